The van der Waals surface area contributed by atoms with Gasteiger partial charge in [0.25, 0.3) is 0 Å². The zero-order valence-corrected chi connectivity index (χ0v) is 10.5. The molecule has 2 rings (SSSR count). The second-order valence-corrected chi connectivity index (χ2v) is 4.54. The number of benzene rings is 1. The van der Waals surface area contributed by atoms with E-state index in [4.69, 9.17) is 26.8 Å². The fraction of sp³-hybridized carbons (Fsp3) is 0.417. The average Bonchev–Trinajstić information content (AvgIpc) is 2.65. The van der Waals surface area contributed by atoms with Gasteiger partial charge in [-0.05, 0) is 19.1 Å². The molecule has 4 nitrogen and oxygen atoms in total. The van der Waals surface area contributed by atoms with Crippen LogP contribution in [0.5, 0.6) is 11.5 Å². The number of hydrogen-bond acceptors (Lipinski definition) is 3. The van der Waals surface area contributed by atoms with Crippen LogP contribution in [0.1, 0.15) is 23.4 Å². The summed E-state index contributed by atoms with van der Waals surface area (Å²) in [4.78, 5) is 11.1. The third-order valence-corrected chi connectivity index (χ3v) is 3.22. The first kappa shape index (κ1) is 12.0. The predicted molar refractivity (Wildman–Crippen MR) is 64.6 cm³/mol. The van der Waals surface area contributed by atoms with E-state index >= 15 is 0 Å². The first-order valence-corrected chi connectivity index (χ1v) is 5.77. The number of rotatable bonds is 3. The topological polar surface area (TPSA) is 61.5 Å². The molecule has 92 valence electrons. The summed E-state index contributed by atoms with van der Waals surface area (Å²) in [6, 6.07) is 3.59. The van der Waals surface area contributed by atoms with Gasteiger partial charge in [0.2, 0.25) is 5.91 Å². The highest BCUT2D eigenvalue weighted by Crippen LogP contribution is 2.39. The molecule has 1 aliphatic heterocycles. The number of halogens is 1. The molecule has 17 heavy (non-hydrogen) atoms. The molecule has 0 spiro atoms. The average molecular weight is 256 g/mol. The number of alkyl halides is 1. The maximum atomic E-state index is 11.1. The minimum absolute atomic E-state index is 0.132. The summed E-state index contributed by atoms with van der Waals surface area (Å²) in [5.74, 6) is 0.719. The Balaban J connectivity index is 2.46. The fourth-order valence-electron chi connectivity index (χ4n) is 1.98. The van der Waals surface area contributed by atoms with Gasteiger partial charge in [0.15, 0.2) is 0 Å². The molecule has 1 aliphatic rings. The molecule has 0 radical (unpaired) electrons. The molecule has 2 unspecified atom stereocenters. The van der Waals surface area contributed by atoms with Crippen molar-refractivity contribution in [3.05, 3.63) is 23.3 Å². The number of fused-ring (bicyclic) bond motifs is 1. The molecule has 2 atom stereocenters. The lowest BCUT2D eigenvalue weighted by atomic mass is 10.0. The smallest absolute Gasteiger partial charge is 0.240 e. The molecular formula is C12H14ClNO3. The van der Waals surface area contributed by atoms with Gasteiger partial charge >= 0.3 is 0 Å². The Morgan fingerprint density at radius 3 is 2.94 bits per heavy atom. The number of carbonyl (C=O) groups is 1. The van der Waals surface area contributed by atoms with Crippen molar-refractivity contribution >= 4 is 17.5 Å². The summed E-state index contributed by atoms with van der Waals surface area (Å²) in [6.45, 7) is 1.98. The van der Waals surface area contributed by atoms with Crippen LogP contribution in [0.2, 0.25) is 0 Å². The highest BCUT2D eigenvalue weighted by atomic mass is 35.5. The molecule has 0 fully saturated rings. The lowest BCUT2D eigenvalue weighted by Gasteiger charge is -2.13. The molecule has 0 aliphatic carbocycles. The number of nitrogens with two attached hydrogens (primary N) is 1. The number of hydrogen-bond donors (Lipinski definition) is 1. The number of amides is 1. The SMILES string of the molecule is COc1cc2c(cc1C(Cl)C(N)=O)OC(C)C2. The minimum Gasteiger partial charge on any atom is -0.496 e. The summed E-state index contributed by atoms with van der Waals surface area (Å²) in [7, 11) is 1.54. The first-order valence-electron chi connectivity index (χ1n) is 5.33. The van der Waals surface area contributed by atoms with Gasteiger partial charge in [-0.25, -0.2) is 0 Å². The Morgan fingerprint density at radius 2 is 2.35 bits per heavy atom. The van der Waals surface area contributed by atoms with Gasteiger partial charge in [-0.1, -0.05) is 0 Å². The van der Waals surface area contributed by atoms with Gasteiger partial charge in [0.05, 0.1) is 7.11 Å². The molecule has 1 aromatic rings. The van der Waals surface area contributed by atoms with Crippen LogP contribution in [0.15, 0.2) is 12.1 Å². The molecule has 0 saturated heterocycles. The van der Waals surface area contributed by atoms with E-state index in [0.29, 0.717) is 11.3 Å². The quantitative estimate of drug-likeness (QED) is 0.838. The molecule has 0 saturated carbocycles. The normalized spacial score (nSPS) is 19.4. The minimum atomic E-state index is -0.908. The van der Waals surface area contributed by atoms with Crippen LogP contribution in [0.3, 0.4) is 0 Å². The van der Waals surface area contributed by atoms with Crippen LogP contribution in [0.25, 0.3) is 0 Å². The van der Waals surface area contributed by atoms with Crippen molar-refractivity contribution in [3.8, 4) is 11.5 Å². The number of methoxy groups -OCH3 is 1. The van der Waals surface area contributed by atoms with Gasteiger partial charge in [0.1, 0.15) is 23.0 Å². The summed E-state index contributed by atoms with van der Waals surface area (Å²) in [5, 5.41) is -0.908. The fourth-order valence-corrected chi connectivity index (χ4v) is 2.15. The van der Waals surface area contributed by atoms with E-state index < -0.39 is 11.3 Å². The molecule has 1 amide bonds. The third kappa shape index (κ3) is 2.17. The Kier molecular flexibility index (Phi) is 3.15. The zero-order chi connectivity index (χ0) is 12.6. The maximum absolute atomic E-state index is 11.1. The summed E-state index contributed by atoms with van der Waals surface area (Å²) < 4.78 is 10.8. The van der Waals surface area contributed by atoms with Gasteiger partial charge in [-0.15, -0.1) is 11.6 Å². The lowest BCUT2D eigenvalue weighted by Crippen LogP contribution is -2.17. The van der Waals surface area contributed by atoms with Crippen LogP contribution < -0.4 is 15.2 Å². The van der Waals surface area contributed by atoms with Crippen molar-refractivity contribution in [3.63, 3.8) is 0 Å². The van der Waals surface area contributed by atoms with Gasteiger partial charge < -0.3 is 15.2 Å². The lowest BCUT2D eigenvalue weighted by molar-refractivity contribution is -0.117. The number of carbonyl (C=O) groups excluding carboxylic acids is 1. The second kappa shape index (κ2) is 4.45. The molecule has 5 heteroatoms. The second-order valence-electron chi connectivity index (χ2n) is 4.10. The number of ether oxygens (including phenoxy) is 2. The Labute approximate surface area is 105 Å². The summed E-state index contributed by atoms with van der Waals surface area (Å²) in [6.07, 6.45) is 0.961. The van der Waals surface area contributed by atoms with E-state index in [1.807, 2.05) is 13.0 Å². The van der Waals surface area contributed by atoms with Gasteiger partial charge in [0, 0.05) is 17.5 Å². The van der Waals surface area contributed by atoms with Crippen molar-refractivity contribution in [1.29, 1.82) is 0 Å². The largest absolute Gasteiger partial charge is 0.496 e. The molecule has 1 aromatic carbocycles. The van der Waals surface area contributed by atoms with E-state index in [0.717, 1.165) is 17.7 Å². The highest BCUT2D eigenvalue weighted by molar-refractivity contribution is 6.30. The molecule has 2 N–H and O–H groups in total. The Morgan fingerprint density at radius 1 is 1.65 bits per heavy atom. The van der Waals surface area contributed by atoms with Crippen LogP contribution >= 0.6 is 11.6 Å². The van der Waals surface area contributed by atoms with E-state index in [-0.39, 0.29) is 6.10 Å². The van der Waals surface area contributed by atoms with E-state index in [9.17, 15) is 4.79 Å². The standard InChI is InChI=1S/C12H14ClNO3/c1-6-3-7-4-10(16-2)8(5-9(7)17-6)11(13)12(14)15/h4-6,11H,3H2,1-2H3,(H2,14,15). The van der Waals surface area contributed by atoms with Crippen LogP contribution in [0, 0.1) is 0 Å². The monoisotopic (exact) mass is 255 g/mol. The van der Waals surface area contributed by atoms with Crippen molar-refractivity contribution in [2.24, 2.45) is 5.73 Å². The summed E-state index contributed by atoms with van der Waals surface area (Å²) >= 11 is 5.95. The number of primary amides is 1. The van der Waals surface area contributed by atoms with Crippen molar-refractivity contribution in [2.75, 3.05) is 7.11 Å². The maximum Gasteiger partial charge on any atom is 0.240 e. The van der Waals surface area contributed by atoms with Crippen molar-refractivity contribution in [2.45, 2.75) is 24.8 Å². The third-order valence-electron chi connectivity index (χ3n) is 2.77. The molecular weight excluding hydrogens is 242 g/mol. The van der Waals surface area contributed by atoms with E-state index in [1.54, 1.807) is 6.07 Å². The highest BCUT2D eigenvalue weighted by Gasteiger charge is 2.26. The van der Waals surface area contributed by atoms with Crippen molar-refractivity contribution < 1.29 is 14.3 Å². The van der Waals surface area contributed by atoms with Gasteiger partial charge in [-0.2, -0.15) is 0 Å². The molecule has 0 aromatic heterocycles. The molecule has 0 bridgehead atoms. The van der Waals surface area contributed by atoms with Crippen molar-refractivity contribution in [1.82, 2.24) is 0 Å². The zero-order valence-electron chi connectivity index (χ0n) is 9.70. The van der Waals surface area contributed by atoms with E-state index in [2.05, 4.69) is 0 Å². The Hall–Kier alpha value is -1.42. The van der Waals surface area contributed by atoms with Crippen LogP contribution in [-0.4, -0.2) is 19.1 Å². The summed E-state index contributed by atoms with van der Waals surface area (Å²) in [5.41, 5.74) is 6.81. The Bertz CT molecular complexity index is 461. The van der Waals surface area contributed by atoms with Crippen LogP contribution in [-0.2, 0) is 11.2 Å². The van der Waals surface area contributed by atoms with E-state index in [1.165, 1.54) is 7.11 Å². The first-order chi connectivity index (χ1) is 8.02. The van der Waals surface area contributed by atoms with Gasteiger partial charge in [-0.3, -0.25) is 4.79 Å². The molecule has 1 heterocycles. The van der Waals surface area contributed by atoms with Crippen LogP contribution in [0.4, 0.5) is 0 Å². The predicted octanol–water partition coefficient (Wildman–Crippen LogP) is 1.78.